The first-order chi connectivity index (χ1) is 10.3. The lowest BCUT2D eigenvalue weighted by Crippen LogP contribution is -2.34. The number of para-hydroxylation sites is 1. The molecule has 3 rings (SSSR count). The second-order valence-corrected chi connectivity index (χ2v) is 5.56. The van der Waals surface area contributed by atoms with E-state index < -0.39 is 0 Å². The van der Waals surface area contributed by atoms with Crippen molar-refractivity contribution in [2.45, 2.75) is 25.9 Å². The van der Waals surface area contributed by atoms with Gasteiger partial charge in [-0.25, -0.2) is 5.10 Å². The third-order valence-electron chi connectivity index (χ3n) is 3.78. The summed E-state index contributed by atoms with van der Waals surface area (Å²) >= 11 is 5.39. The van der Waals surface area contributed by atoms with E-state index in [0.717, 1.165) is 44.2 Å². The zero-order valence-electron chi connectivity index (χ0n) is 12.2. The first-order valence-electron chi connectivity index (χ1n) is 7.39. The zero-order chi connectivity index (χ0) is 14.7. The van der Waals surface area contributed by atoms with Crippen molar-refractivity contribution < 1.29 is 4.74 Å². The van der Waals surface area contributed by atoms with Gasteiger partial charge < -0.3 is 9.64 Å². The van der Waals surface area contributed by atoms with Crippen molar-refractivity contribution in [3.63, 3.8) is 0 Å². The van der Waals surface area contributed by atoms with Crippen LogP contribution in [-0.2, 0) is 4.74 Å². The van der Waals surface area contributed by atoms with Crippen LogP contribution in [0.5, 0.6) is 0 Å². The molecule has 1 unspecified atom stereocenters. The average molecular weight is 304 g/mol. The van der Waals surface area contributed by atoms with Crippen molar-refractivity contribution in [1.29, 1.82) is 0 Å². The van der Waals surface area contributed by atoms with Gasteiger partial charge in [-0.15, -0.1) is 5.10 Å². The van der Waals surface area contributed by atoms with Gasteiger partial charge in [-0.3, -0.25) is 4.57 Å². The van der Waals surface area contributed by atoms with Gasteiger partial charge in [-0.1, -0.05) is 18.2 Å². The lowest BCUT2D eigenvalue weighted by atomic mass is 10.2. The first kappa shape index (κ1) is 14.3. The van der Waals surface area contributed by atoms with E-state index in [2.05, 4.69) is 22.0 Å². The normalized spacial score (nSPS) is 18.0. The Labute approximate surface area is 129 Å². The Morgan fingerprint density at radius 2 is 2.24 bits per heavy atom. The van der Waals surface area contributed by atoms with Gasteiger partial charge in [0, 0.05) is 19.7 Å². The van der Waals surface area contributed by atoms with Crippen LogP contribution in [0.3, 0.4) is 0 Å². The van der Waals surface area contributed by atoms with Crippen LogP contribution in [-0.4, -0.2) is 40.6 Å². The van der Waals surface area contributed by atoms with E-state index in [1.165, 1.54) is 0 Å². The minimum absolute atomic E-state index is 0.291. The predicted octanol–water partition coefficient (Wildman–Crippen LogP) is 2.94. The van der Waals surface area contributed by atoms with Crippen LogP contribution in [0.25, 0.3) is 5.69 Å². The summed E-state index contributed by atoms with van der Waals surface area (Å²) in [6, 6.07) is 10.1. The fourth-order valence-electron chi connectivity index (χ4n) is 2.70. The molecule has 112 valence electrons. The molecular weight excluding hydrogens is 284 g/mol. The highest BCUT2D eigenvalue weighted by Gasteiger charge is 2.22. The van der Waals surface area contributed by atoms with Crippen molar-refractivity contribution in [2.75, 3.05) is 24.6 Å². The van der Waals surface area contributed by atoms with Crippen molar-refractivity contribution in [3.05, 3.63) is 35.1 Å². The zero-order valence-corrected chi connectivity index (χ0v) is 13.0. The molecule has 0 amide bonds. The Kier molecular flexibility index (Phi) is 4.36. The number of hydrogen-bond acceptors (Lipinski definition) is 4. The van der Waals surface area contributed by atoms with Gasteiger partial charge in [0.1, 0.15) is 0 Å². The van der Waals surface area contributed by atoms with Crippen molar-refractivity contribution in [2.24, 2.45) is 0 Å². The molecule has 1 atom stereocenters. The fraction of sp³-hybridized carbons (Fsp3) is 0.467. The van der Waals surface area contributed by atoms with Crippen molar-refractivity contribution >= 4 is 18.2 Å². The number of anilines is 1. The molecule has 0 saturated carbocycles. The number of aromatic amines is 1. The molecule has 2 aromatic rings. The maximum Gasteiger partial charge on any atom is 0.230 e. The molecule has 1 aromatic carbocycles. The standard InChI is InChI=1S/C15H20N4OS/c1-2-18(11-13-9-6-10-20-13)14-16-17-15(21)19(14)12-7-4-3-5-8-12/h3-5,7-8,13H,2,6,9-11H2,1H3,(H,17,21). The Balaban J connectivity index is 1.92. The van der Waals surface area contributed by atoms with Gasteiger partial charge in [0.15, 0.2) is 0 Å². The number of nitrogens with zero attached hydrogens (tertiary/aromatic N) is 3. The minimum atomic E-state index is 0.291. The van der Waals surface area contributed by atoms with Crippen LogP contribution in [0, 0.1) is 4.77 Å². The van der Waals surface area contributed by atoms with Crippen molar-refractivity contribution in [1.82, 2.24) is 14.8 Å². The molecule has 0 radical (unpaired) electrons. The molecule has 2 heterocycles. The van der Waals surface area contributed by atoms with Crippen molar-refractivity contribution in [3.8, 4) is 5.69 Å². The van der Waals surface area contributed by atoms with E-state index in [1.54, 1.807) is 0 Å². The second kappa shape index (κ2) is 6.41. The van der Waals surface area contributed by atoms with Gasteiger partial charge in [0.05, 0.1) is 11.8 Å². The largest absolute Gasteiger partial charge is 0.376 e. The number of ether oxygens (including phenoxy) is 1. The summed E-state index contributed by atoms with van der Waals surface area (Å²) < 4.78 is 8.34. The summed E-state index contributed by atoms with van der Waals surface area (Å²) in [6.07, 6.45) is 2.56. The molecule has 21 heavy (non-hydrogen) atoms. The van der Waals surface area contributed by atoms with Gasteiger partial charge in [-0.2, -0.15) is 0 Å². The third-order valence-corrected chi connectivity index (χ3v) is 4.06. The van der Waals surface area contributed by atoms with E-state index in [1.807, 2.05) is 34.9 Å². The Hall–Kier alpha value is -1.66. The second-order valence-electron chi connectivity index (χ2n) is 5.17. The Bertz CT molecular complexity index is 631. The molecule has 0 bridgehead atoms. The SMILES string of the molecule is CCN(CC1CCCO1)c1n[nH]c(=S)n1-c1ccccc1. The summed E-state index contributed by atoms with van der Waals surface area (Å²) in [4.78, 5) is 2.22. The quantitative estimate of drug-likeness (QED) is 0.863. The van der Waals surface area contributed by atoms with E-state index >= 15 is 0 Å². The minimum Gasteiger partial charge on any atom is -0.376 e. The maximum atomic E-state index is 5.74. The number of likely N-dealkylation sites (N-methyl/N-ethyl adjacent to an activating group) is 1. The van der Waals surface area contributed by atoms with Crippen LogP contribution >= 0.6 is 12.2 Å². The lowest BCUT2D eigenvalue weighted by Gasteiger charge is -2.25. The number of H-pyrrole nitrogens is 1. The molecule has 1 N–H and O–H groups in total. The molecule has 1 saturated heterocycles. The van der Waals surface area contributed by atoms with Gasteiger partial charge in [-0.05, 0) is 44.1 Å². The molecule has 0 aliphatic carbocycles. The molecular formula is C15H20N4OS. The molecule has 1 fully saturated rings. The number of hydrogen-bond donors (Lipinski definition) is 1. The van der Waals surface area contributed by atoms with Crippen LogP contribution in [0.15, 0.2) is 30.3 Å². The van der Waals surface area contributed by atoms with Crippen LogP contribution < -0.4 is 4.90 Å². The highest BCUT2D eigenvalue weighted by Crippen LogP contribution is 2.21. The van der Waals surface area contributed by atoms with Crippen LogP contribution in [0.4, 0.5) is 5.95 Å². The number of rotatable bonds is 5. The van der Waals surface area contributed by atoms with Gasteiger partial charge >= 0.3 is 0 Å². The summed E-state index contributed by atoms with van der Waals surface area (Å²) in [6.45, 7) is 4.71. The third kappa shape index (κ3) is 3.01. The van der Waals surface area contributed by atoms with Gasteiger partial charge in [0.25, 0.3) is 0 Å². The predicted molar refractivity (Wildman–Crippen MR) is 85.6 cm³/mol. The Morgan fingerprint density at radius 1 is 1.43 bits per heavy atom. The molecule has 1 aromatic heterocycles. The number of benzene rings is 1. The monoisotopic (exact) mass is 304 g/mol. The van der Waals surface area contributed by atoms with E-state index in [0.29, 0.717) is 10.9 Å². The van der Waals surface area contributed by atoms with E-state index in [4.69, 9.17) is 17.0 Å². The highest BCUT2D eigenvalue weighted by molar-refractivity contribution is 7.71. The molecule has 6 heteroatoms. The summed E-state index contributed by atoms with van der Waals surface area (Å²) in [5.74, 6) is 0.851. The molecule has 1 aliphatic rings. The molecule has 0 spiro atoms. The average Bonchev–Trinajstić information content (AvgIpc) is 3.15. The smallest absolute Gasteiger partial charge is 0.230 e. The Morgan fingerprint density at radius 3 is 2.90 bits per heavy atom. The lowest BCUT2D eigenvalue weighted by molar-refractivity contribution is 0.115. The first-order valence-corrected chi connectivity index (χ1v) is 7.80. The van der Waals surface area contributed by atoms with E-state index in [9.17, 15) is 0 Å². The van der Waals surface area contributed by atoms with Crippen LogP contribution in [0.1, 0.15) is 19.8 Å². The highest BCUT2D eigenvalue weighted by atomic mass is 32.1. The van der Waals surface area contributed by atoms with Crippen LogP contribution in [0.2, 0.25) is 0 Å². The fourth-order valence-corrected chi connectivity index (χ4v) is 2.93. The summed E-state index contributed by atoms with van der Waals surface area (Å²) in [5.41, 5.74) is 1.03. The van der Waals surface area contributed by atoms with E-state index in [-0.39, 0.29) is 0 Å². The molecule has 5 nitrogen and oxygen atoms in total. The van der Waals surface area contributed by atoms with Gasteiger partial charge in [0.2, 0.25) is 10.7 Å². The number of nitrogens with one attached hydrogen (secondary N) is 1. The molecule has 1 aliphatic heterocycles. The maximum absolute atomic E-state index is 5.74. The topological polar surface area (TPSA) is 46.1 Å². The number of aromatic nitrogens is 3. The summed E-state index contributed by atoms with van der Waals surface area (Å²) in [5, 5.41) is 7.33. The summed E-state index contributed by atoms with van der Waals surface area (Å²) in [7, 11) is 0.